The molecule has 0 spiro atoms. The van der Waals surface area contributed by atoms with Crippen LogP contribution in [0.25, 0.3) is 10.9 Å². The lowest BCUT2D eigenvalue weighted by molar-refractivity contribution is 0.606. The molecule has 1 aromatic carbocycles. The average Bonchev–Trinajstić information content (AvgIpc) is 2.19. The molecule has 2 aromatic rings. The second kappa shape index (κ2) is 3.75. The third-order valence-electron chi connectivity index (χ3n) is 1.81. The molecule has 0 fully saturated rings. The Kier molecular flexibility index (Phi) is 2.45. The molecule has 66 valence electrons. The normalized spacial score (nSPS) is 10.5. The van der Waals surface area contributed by atoms with E-state index in [1.54, 1.807) is 6.20 Å². The number of thioether (sulfide) groups is 1. The first-order chi connectivity index (χ1) is 6.42. The van der Waals surface area contributed by atoms with Crippen molar-refractivity contribution in [3.05, 3.63) is 36.5 Å². The zero-order valence-electron chi connectivity index (χ0n) is 6.90. The lowest BCUT2D eigenvalue weighted by Crippen LogP contribution is -1.80. The van der Waals surface area contributed by atoms with E-state index < -0.39 is 6.01 Å². The predicted molar refractivity (Wildman–Crippen MR) is 53.6 cm³/mol. The van der Waals surface area contributed by atoms with Gasteiger partial charge in [0.15, 0.2) is 0 Å². The van der Waals surface area contributed by atoms with Gasteiger partial charge in [-0.3, -0.25) is 4.98 Å². The van der Waals surface area contributed by atoms with E-state index in [1.165, 1.54) is 11.8 Å². The minimum absolute atomic E-state index is 0.407. The Balaban J connectivity index is 2.61. The highest BCUT2D eigenvalue weighted by molar-refractivity contribution is 7.99. The van der Waals surface area contributed by atoms with Crippen LogP contribution in [0.5, 0.6) is 0 Å². The summed E-state index contributed by atoms with van der Waals surface area (Å²) in [6.07, 6.45) is 1.73. The fourth-order valence-corrected chi connectivity index (χ4v) is 1.85. The lowest BCUT2D eigenvalue weighted by Gasteiger charge is -2.01. The average molecular weight is 193 g/mol. The predicted octanol–water partition coefficient (Wildman–Crippen LogP) is 3.25. The first kappa shape index (κ1) is 8.51. The van der Waals surface area contributed by atoms with Crippen LogP contribution in [0.4, 0.5) is 4.39 Å². The minimum atomic E-state index is -0.407. The van der Waals surface area contributed by atoms with Crippen LogP contribution in [-0.4, -0.2) is 11.0 Å². The van der Waals surface area contributed by atoms with E-state index in [0.717, 1.165) is 15.8 Å². The van der Waals surface area contributed by atoms with Crippen molar-refractivity contribution in [1.29, 1.82) is 0 Å². The molecule has 0 saturated heterocycles. The number of nitrogens with zero attached hydrogens (tertiary/aromatic N) is 1. The van der Waals surface area contributed by atoms with Crippen LogP contribution in [0.1, 0.15) is 0 Å². The molecule has 3 heteroatoms. The highest BCUT2D eigenvalue weighted by Gasteiger charge is 2.00. The van der Waals surface area contributed by atoms with Crippen LogP contribution in [0.2, 0.25) is 0 Å². The largest absolute Gasteiger partial charge is 0.255 e. The third-order valence-corrected chi connectivity index (χ3v) is 2.56. The minimum Gasteiger partial charge on any atom is -0.255 e. The summed E-state index contributed by atoms with van der Waals surface area (Å²) in [5.41, 5.74) is 0.882. The van der Waals surface area contributed by atoms with Gasteiger partial charge in [-0.1, -0.05) is 30.0 Å². The molecule has 1 aromatic heterocycles. The molecule has 0 aliphatic carbocycles. The van der Waals surface area contributed by atoms with E-state index in [9.17, 15) is 4.39 Å². The fraction of sp³-hybridized carbons (Fsp3) is 0.100. The maximum absolute atomic E-state index is 12.1. The summed E-state index contributed by atoms with van der Waals surface area (Å²) in [4.78, 5) is 5.12. The number of fused-ring (bicyclic) bond motifs is 1. The smallest absolute Gasteiger partial charge is 0.139 e. The first-order valence-electron chi connectivity index (χ1n) is 3.94. The van der Waals surface area contributed by atoms with Crippen molar-refractivity contribution in [2.75, 3.05) is 6.01 Å². The van der Waals surface area contributed by atoms with E-state index in [-0.39, 0.29) is 0 Å². The van der Waals surface area contributed by atoms with Crippen LogP contribution in [0, 0.1) is 0 Å². The number of hydrogen-bond donors (Lipinski definition) is 0. The van der Waals surface area contributed by atoms with Gasteiger partial charge < -0.3 is 0 Å². The SMILES string of the molecule is FCSc1cccc2cccnc12. The molecule has 2 rings (SSSR count). The molecular weight excluding hydrogens is 185 g/mol. The summed E-state index contributed by atoms with van der Waals surface area (Å²) in [5, 5.41) is 1.06. The van der Waals surface area contributed by atoms with E-state index in [0.29, 0.717) is 0 Å². The van der Waals surface area contributed by atoms with Gasteiger partial charge >= 0.3 is 0 Å². The molecule has 0 saturated carbocycles. The highest BCUT2D eigenvalue weighted by Crippen LogP contribution is 2.25. The molecule has 1 nitrogen and oxygen atoms in total. The van der Waals surface area contributed by atoms with Gasteiger partial charge in [0.25, 0.3) is 0 Å². The number of pyridine rings is 1. The topological polar surface area (TPSA) is 12.9 Å². The van der Waals surface area contributed by atoms with Gasteiger partial charge in [0.2, 0.25) is 0 Å². The molecule has 0 atom stereocenters. The van der Waals surface area contributed by atoms with Crippen molar-refractivity contribution >= 4 is 22.7 Å². The van der Waals surface area contributed by atoms with Crippen LogP contribution >= 0.6 is 11.8 Å². The van der Waals surface area contributed by atoms with Crippen molar-refractivity contribution in [1.82, 2.24) is 4.98 Å². The van der Waals surface area contributed by atoms with Crippen LogP contribution in [0.3, 0.4) is 0 Å². The molecule has 0 aliphatic rings. The molecular formula is C10H8FNS. The summed E-state index contributed by atoms with van der Waals surface area (Å²) < 4.78 is 12.1. The first-order valence-corrected chi connectivity index (χ1v) is 4.93. The Bertz CT molecular complexity index is 411. The Morgan fingerprint density at radius 1 is 1.23 bits per heavy atom. The van der Waals surface area contributed by atoms with Crippen molar-refractivity contribution in [3.63, 3.8) is 0 Å². The van der Waals surface area contributed by atoms with Crippen LogP contribution in [0.15, 0.2) is 41.4 Å². The Labute approximate surface area is 80.0 Å². The number of rotatable bonds is 2. The maximum Gasteiger partial charge on any atom is 0.139 e. The zero-order chi connectivity index (χ0) is 9.10. The van der Waals surface area contributed by atoms with Crippen molar-refractivity contribution < 1.29 is 4.39 Å². The quantitative estimate of drug-likeness (QED) is 0.679. The van der Waals surface area contributed by atoms with E-state index in [2.05, 4.69) is 4.98 Å². The summed E-state index contributed by atoms with van der Waals surface area (Å²) in [6, 6.07) is 9.23. The van der Waals surface area contributed by atoms with Gasteiger partial charge in [-0.2, -0.15) is 0 Å². The summed E-state index contributed by atoms with van der Waals surface area (Å²) >= 11 is 1.18. The standard InChI is InChI=1S/C10H8FNS/c11-7-13-9-5-1-3-8-4-2-6-12-10(8)9/h1-6H,7H2. The zero-order valence-corrected chi connectivity index (χ0v) is 7.72. The van der Waals surface area contributed by atoms with Crippen molar-refractivity contribution in [3.8, 4) is 0 Å². The second-order valence-corrected chi connectivity index (χ2v) is 3.53. The van der Waals surface area contributed by atoms with E-state index in [1.807, 2.05) is 30.3 Å². The van der Waals surface area contributed by atoms with Gasteiger partial charge in [-0.05, 0) is 12.1 Å². The summed E-state index contributed by atoms with van der Waals surface area (Å²) in [6.45, 7) is 0. The number of benzene rings is 1. The molecule has 13 heavy (non-hydrogen) atoms. The molecule has 0 amide bonds. The van der Waals surface area contributed by atoms with Crippen LogP contribution in [-0.2, 0) is 0 Å². The third kappa shape index (κ3) is 1.65. The Hall–Kier alpha value is -1.09. The van der Waals surface area contributed by atoms with Crippen LogP contribution < -0.4 is 0 Å². The fourth-order valence-electron chi connectivity index (χ4n) is 1.25. The van der Waals surface area contributed by atoms with E-state index in [4.69, 9.17) is 0 Å². The Morgan fingerprint density at radius 3 is 2.92 bits per heavy atom. The van der Waals surface area contributed by atoms with Gasteiger partial charge in [0, 0.05) is 16.5 Å². The molecule has 0 radical (unpaired) electrons. The summed E-state index contributed by atoms with van der Waals surface area (Å²) in [7, 11) is 0. The van der Waals surface area contributed by atoms with Crippen molar-refractivity contribution in [2.24, 2.45) is 0 Å². The maximum atomic E-state index is 12.1. The molecule has 0 bridgehead atoms. The molecule has 0 N–H and O–H groups in total. The number of halogens is 1. The van der Waals surface area contributed by atoms with Crippen molar-refractivity contribution in [2.45, 2.75) is 4.90 Å². The Morgan fingerprint density at radius 2 is 2.08 bits per heavy atom. The van der Waals surface area contributed by atoms with Gasteiger partial charge in [0.05, 0.1) is 5.52 Å². The summed E-state index contributed by atoms with van der Waals surface area (Å²) in [5.74, 6) is 0. The number of alkyl halides is 1. The lowest BCUT2D eigenvalue weighted by atomic mass is 10.2. The van der Waals surface area contributed by atoms with Gasteiger partial charge in [-0.15, -0.1) is 0 Å². The monoisotopic (exact) mass is 193 g/mol. The van der Waals surface area contributed by atoms with Gasteiger partial charge in [0.1, 0.15) is 6.01 Å². The molecule has 0 unspecified atom stereocenters. The number of aromatic nitrogens is 1. The van der Waals surface area contributed by atoms with E-state index >= 15 is 0 Å². The molecule has 0 aliphatic heterocycles. The molecule has 1 heterocycles. The number of hydrogen-bond acceptors (Lipinski definition) is 2. The highest BCUT2D eigenvalue weighted by atomic mass is 32.2. The second-order valence-electron chi connectivity index (χ2n) is 2.58. The number of para-hydroxylation sites is 1. The van der Waals surface area contributed by atoms with Gasteiger partial charge in [-0.25, -0.2) is 4.39 Å².